The van der Waals surface area contributed by atoms with Gasteiger partial charge in [0.05, 0.1) is 19.4 Å². The van der Waals surface area contributed by atoms with Crippen molar-refractivity contribution in [3.05, 3.63) is 46.2 Å². The van der Waals surface area contributed by atoms with Crippen LogP contribution in [-0.4, -0.2) is 25.3 Å². The Morgan fingerprint density at radius 2 is 2.14 bits per heavy atom. The fraction of sp³-hybridized carbons (Fsp3) is 0.250. The molecule has 1 amide bonds. The summed E-state index contributed by atoms with van der Waals surface area (Å²) >= 11 is 1.55. The maximum Gasteiger partial charge on any atom is 0.271 e. The first kappa shape index (κ1) is 16.0. The van der Waals surface area contributed by atoms with Crippen LogP contribution in [-0.2, 0) is 0 Å². The van der Waals surface area contributed by atoms with Gasteiger partial charge in [-0.25, -0.2) is 5.43 Å². The van der Waals surface area contributed by atoms with E-state index in [9.17, 15) is 4.79 Å². The molecule has 0 aliphatic carbocycles. The van der Waals surface area contributed by atoms with E-state index in [0.717, 1.165) is 4.88 Å². The monoisotopic (exact) mass is 318 g/mol. The number of amides is 1. The summed E-state index contributed by atoms with van der Waals surface area (Å²) in [6.45, 7) is 3.86. The van der Waals surface area contributed by atoms with Crippen molar-refractivity contribution in [3.63, 3.8) is 0 Å². The molecule has 0 aliphatic rings. The number of thiophene rings is 1. The molecule has 1 heterocycles. The molecule has 1 N–H and O–H groups in total. The van der Waals surface area contributed by atoms with E-state index in [2.05, 4.69) is 10.5 Å². The van der Waals surface area contributed by atoms with Crippen molar-refractivity contribution in [1.29, 1.82) is 0 Å². The first-order chi connectivity index (χ1) is 10.6. The molecule has 1 aromatic heterocycles. The number of hydrogen-bond donors (Lipinski definition) is 1. The van der Waals surface area contributed by atoms with Gasteiger partial charge in [-0.05, 0) is 43.5 Å². The van der Waals surface area contributed by atoms with Gasteiger partial charge in [-0.3, -0.25) is 4.79 Å². The van der Waals surface area contributed by atoms with Crippen molar-refractivity contribution in [2.45, 2.75) is 20.0 Å². The maximum absolute atomic E-state index is 12.1. The summed E-state index contributed by atoms with van der Waals surface area (Å²) in [6.07, 6.45) is 1.64. The maximum atomic E-state index is 12.1. The van der Waals surface area contributed by atoms with Crippen molar-refractivity contribution >= 4 is 23.5 Å². The topological polar surface area (TPSA) is 59.9 Å². The molecule has 5 nitrogen and oxygen atoms in total. The fourth-order valence-electron chi connectivity index (χ4n) is 1.74. The normalized spacial score (nSPS) is 10.9. The second-order valence-electron chi connectivity index (χ2n) is 4.75. The number of methoxy groups -OCH3 is 1. The minimum Gasteiger partial charge on any atom is -0.493 e. The molecule has 0 bridgehead atoms. The van der Waals surface area contributed by atoms with Crippen LogP contribution >= 0.6 is 11.3 Å². The quantitative estimate of drug-likeness (QED) is 0.656. The van der Waals surface area contributed by atoms with Crippen LogP contribution in [0.25, 0.3) is 0 Å². The zero-order valence-electron chi connectivity index (χ0n) is 12.7. The first-order valence-corrected chi connectivity index (χ1v) is 7.69. The third kappa shape index (κ3) is 4.33. The molecule has 0 aliphatic heterocycles. The summed E-state index contributed by atoms with van der Waals surface area (Å²) in [4.78, 5) is 13.0. The summed E-state index contributed by atoms with van der Waals surface area (Å²) < 4.78 is 10.9. The van der Waals surface area contributed by atoms with Gasteiger partial charge < -0.3 is 9.47 Å². The molecule has 2 aromatic rings. The lowest BCUT2D eigenvalue weighted by Crippen LogP contribution is -2.17. The van der Waals surface area contributed by atoms with Gasteiger partial charge in [0.15, 0.2) is 11.5 Å². The number of rotatable bonds is 6. The minimum atomic E-state index is -0.304. The Hall–Kier alpha value is -2.34. The predicted octanol–water partition coefficient (Wildman–Crippen LogP) is 3.31. The van der Waals surface area contributed by atoms with E-state index >= 15 is 0 Å². The average molecular weight is 318 g/mol. The standard InChI is InChI=1S/C16H18N2O3S/c1-11(2)21-14-7-6-12(9-15(14)20-3)16(19)18-17-10-13-5-4-8-22-13/h4-11H,1-3H3,(H,18,19)/b17-10-. The van der Waals surface area contributed by atoms with E-state index in [0.29, 0.717) is 17.1 Å². The lowest BCUT2D eigenvalue weighted by Gasteiger charge is -2.14. The largest absolute Gasteiger partial charge is 0.493 e. The van der Waals surface area contributed by atoms with E-state index < -0.39 is 0 Å². The molecule has 0 spiro atoms. The molecule has 0 unspecified atom stereocenters. The lowest BCUT2D eigenvalue weighted by molar-refractivity contribution is 0.0954. The number of nitrogens with zero attached hydrogens (tertiary/aromatic N) is 1. The van der Waals surface area contributed by atoms with Gasteiger partial charge in [-0.2, -0.15) is 5.10 Å². The molecule has 1 aromatic carbocycles. The van der Waals surface area contributed by atoms with E-state index in [1.165, 1.54) is 0 Å². The van der Waals surface area contributed by atoms with Crippen LogP contribution in [0.4, 0.5) is 0 Å². The van der Waals surface area contributed by atoms with Gasteiger partial charge in [-0.15, -0.1) is 11.3 Å². The Morgan fingerprint density at radius 1 is 1.32 bits per heavy atom. The number of benzene rings is 1. The molecule has 0 radical (unpaired) electrons. The van der Waals surface area contributed by atoms with Crippen molar-refractivity contribution < 1.29 is 14.3 Å². The van der Waals surface area contributed by atoms with Gasteiger partial charge in [0, 0.05) is 10.4 Å². The number of ether oxygens (including phenoxy) is 2. The van der Waals surface area contributed by atoms with Crippen LogP contribution in [0.1, 0.15) is 29.1 Å². The van der Waals surface area contributed by atoms with Gasteiger partial charge in [-0.1, -0.05) is 6.07 Å². The van der Waals surface area contributed by atoms with Gasteiger partial charge in [0.25, 0.3) is 5.91 Å². The van der Waals surface area contributed by atoms with Crippen LogP contribution in [0, 0.1) is 0 Å². The number of hydrogen-bond acceptors (Lipinski definition) is 5. The van der Waals surface area contributed by atoms with Crippen LogP contribution in [0.5, 0.6) is 11.5 Å². The predicted molar refractivity (Wildman–Crippen MR) is 88.1 cm³/mol. The number of hydrazone groups is 1. The number of nitrogens with one attached hydrogen (secondary N) is 1. The molecule has 0 saturated heterocycles. The Balaban J connectivity index is 2.06. The summed E-state index contributed by atoms with van der Waals surface area (Å²) in [6, 6.07) is 8.87. The first-order valence-electron chi connectivity index (χ1n) is 6.81. The Labute approximate surface area is 133 Å². The highest BCUT2D eigenvalue weighted by molar-refractivity contribution is 7.11. The number of carbonyl (C=O) groups excluding carboxylic acids is 1. The molecule has 0 atom stereocenters. The fourth-order valence-corrected chi connectivity index (χ4v) is 2.33. The highest BCUT2D eigenvalue weighted by Gasteiger charge is 2.11. The molecule has 22 heavy (non-hydrogen) atoms. The van der Waals surface area contributed by atoms with Gasteiger partial charge in [0.1, 0.15) is 0 Å². The molecule has 116 valence electrons. The Kier molecular flexibility index (Phi) is 5.55. The highest BCUT2D eigenvalue weighted by atomic mass is 32.1. The molecule has 6 heteroatoms. The smallest absolute Gasteiger partial charge is 0.271 e. The Bertz CT molecular complexity index is 651. The second kappa shape index (κ2) is 7.61. The van der Waals surface area contributed by atoms with Crippen molar-refractivity contribution in [1.82, 2.24) is 5.43 Å². The van der Waals surface area contributed by atoms with Crippen LogP contribution in [0.3, 0.4) is 0 Å². The summed E-state index contributed by atoms with van der Waals surface area (Å²) in [5.74, 6) is 0.821. The van der Waals surface area contributed by atoms with Crippen molar-refractivity contribution in [2.75, 3.05) is 7.11 Å². The van der Waals surface area contributed by atoms with Crippen molar-refractivity contribution in [2.24, 2.45) is 5.10 Å². The van der Waals surface area contributed by atoms with Crippen LogP contribution < -0.4 is 14.9 Å². The highest BCUT2D eigenvalue weighted by Crippen LogP contribution is 2.28. The summed E-state index contributed by atoms with van der Waals surface area (Å²) in [5.41, 5.74) is 2.94. The summed E-state index contributed by atoms with van der Waals surface area (Å²) in [7, 11) is 1.54. The molecule has 0 fully saturated rings. The van der Waals surface area contributed by atoms with E-state index in [1.54, 1.807) is 42.9 Å². The molecular weight excluding hydrogens is 300 g/mol. The average Bonchev–Trinajstić information content (AvgIpc) is 3.00. The third-order valence-electron chi connectivity index (χ3n) is 2.69. The lowest BCUT2D eigenvalue weighted by atomic mass is 10.2. The molecular formula is C16H18N2O3S. The zero-order chi connectivity index (χ0) is 15.9. The zero-order valence-corrected chi connectivity index (χ0v) is 13.5. The van der Waals surface area contributed by atoms with E-state index in [4.69, 9.17) is 9.47 Å². The SMILES string of the molecule is COc1cc(C(=O)N/N=C\c2cccs2)ccc1OC(C)C. The van der Waals surface area contributed by atoms with Gasteiger partial charge in [0.2, 0.25) is 0 Å². The van der Waals surface area contributed by atoms with Crippen molar-refractivity contribution in [3.8, 4) is 11.5 Å². The van der Waals surface area contributed by atoms with Crippen LogP contribution in [0.15, 0.2) is 40.8 Å². The second-order valence-corrected chi connectivity index (χ2v) is 5.73. The number of carbonyl (C=O) groups is 1. The van der Waals surface area contributed by atoms with Gasteiger partial charge >= 0.3 is 0 Å². The van der Waals surface area contributed by atoms with E-state index in [1.807, 2.05) is 31.4 Å². The third-order valence-corrected chi connectivity index (χ3v) is 3.50. The Morgan fingerprint density at radius 3 is 2.77 bits per heavy atom. The minimum absolute atomic E-state index is 0.0315. The van der Waals surface area contributed by atoms with E-state index in [-0.39, 0.29) is 12.0 Å². The summed E-state index contributed by atoms with van der Waals surface area (Å²) in [5, 5.41) is 5.88. The molecule has 2 rings (SSSR count). The van der Waals surface area contributed by atoms with Crippen LogP contribution in [0.2, 0.25) is 0 Å². The molecule has 0 saturated carbocycles.